The molecule has 2 aromatic rings. The van der Waals surface area contributed by atoms with Crippen LogP contribution < -0.4 is 5.32 Å². The molecule has 0 saturated carbocycles. The van der Waals surface area contributed by atoms with Gasteiger partial charge in [0.2, 0.25) is 0 Å². The van der Waals surface area contributed by atoms with E-state index < -0.39 is 0 Å². The van der Waals surface area contributed by atoms with Gasteiger partial charge in [0.1, 0.15) is 0 Å². The second-order valence-corrected chi connectivity index (χ2v) is 5.25. The van der Waals surface area contributed by atoms with E-state index in [1.807, 2.05) is 13.0 Å². The normalized spacial score (nSPS) is 11.5. The van der Waals surface area contributed by atoms with Crippen LogP contribution in [0.5, 0.6) is 0 Å². The van der Waals surface area contributed by atoms with E-state index in [1.54, 1.807) is 18.5 Å². The van der Waals surface area contributed by atoms with Crippen LogP contribution in [0.15, 0.2) is 24.5 Å². The third kappa shape index (κ3) is 3.70. The Kier molecular flexibility index (Phi) is 4.93. The molecule has 0 spiro atoms. The summed E-state index contributed by atoms with van der Waals surface area (Å²) in [6, 6.07) is 3.46. The minimum absolute atomic E-state index is 0.0495. The number of hydrogen-bond acceptors (Lipinski definition) is 4. The van der Waals surface area contributed by atoms with Crippen molar-refractivity contribution < 1.29 is 9.90 Å². The van der Waals surface area contributed by atoms with Crippen molar-refractivity contribution in [2.75, 3.05) is 6.61 Å². The summed E-state index contributed by atoms with van der Waals surface area (Å²) in [5.74, 6) is 5.62. The highest BCUT2D eigenvalue weighted by Crippen LogP contribution is 2.17. The van der Waals surface area contributed by atoms with E-state index in [-0.39, 0.29) is 18.6 Å². The molecule has 3 N–H and O–H groups in total. The number of hydrogen-bond donors (Lipinski definition) is 3. The van der Waals surface area contributed by atoms with Gasteiger partial charge in [-0.2, -0.15) is 5.10 Å². The molecule has 0 saturated heterocycles. The van der Waals surface area contributed by atoms with Gasteiger partial charge in [0, 0.05) is 18.2 Å². The summed E-state index contributed by atoms with van der Waals surface area (Å²) in [5.41, 5.74) is 0.929. The largest absolute Gasteiger partial charge is 0.395 e. The minimum Gasteiger partial charge on any atom is -0.395 e. The molecule has 0 fully saturated rings. The number of H-pyrrole nitrogens is 1. The van der Waals surface area contributed by atoms with Crippen molar-refractivity contribution in [2.45, 2.75) is 19.4 Å². The Labute approximate surface area is 121 Å². The zero-order chi connectivity index (χ0) is 14.4. The monoisotopic (exact) mass is 289 g/mol. The molecule has 1 unspecified atom stereocenters. The molecule has 0 aromatic carbocycles. The van der Waals surface area contributed by atoms with Gasteiger partial charge in [-0.05, 0) is 19.1 Å². The summed E-state index contributed by atoms with van der Waals surface area (Å²) in [5, 5.41) is 18.1. The molecule has 1 atom stereocenters. The molecular formula is C14H15N3O2S. The quantitative estimate of drug-likeness (QED) is 0.750. The molecule has 2 aromatic heterocycles. The number of nitrogens with one attached hydrogen (secondary N) is 2. The predicted molar refractivity (Wildman–Crippen MR) is 77.4 cm³/mol. The SMILES string of the molecule is CC(NC(=O)c1ccc(C#CCCO)s1)c1cn[nH]c1. The predicted octanol–water partition coefficient (Wildman–Crippen LogP) is 1.70. The number of carbonyl (C=O) groups is 1. The van der Waals surface area contributed by atoms with E-state index in [0.717, 1.165) is 10.4 Å². The lowest BCUT2D eigenvalue weighted by Crippen LogP contribution is -2.25. The summed E-state index contributed by atoms with van der Waals surface area (Å²) >= 11 is 1.34. The van der Waals surface area contributed by atoms with Crippen LogP contribution in [0.25, 0.3) is 0 Å². The molecule has 20 heavy (non-hydrogen) atoms. The van der Waals surface area contributed by atoms with E-state index >= 15 is 0 Å². The first-order chi connectivity index (χ1) is 9.70. The highest BCUT2D eigenvalue weighted by atomic mass is 32.1. The molecule has 0 radical (unpaired) electrons. The second kappa shape index (κ2) is 6.89. The van der Waals surface area contributed by atoms with Gasteiger partial charge in [-0.3, -0.25) is 9.89 Å². The maximum atomic E-state index is 12.1. The molecule has 0 aliphatic heterocycles. The minimum atomic E-state index is -0.126. The number of nitrogens with zero attached hydrogens (tertiary/aromatic N) is 1. The fourth-order valence-corrected chi connectivity index (χ4v) is 2.37. The fourth-order valence-electron chi connectivity index (χ4n) is 1.58. The van der Waals surface area contributed by atoms with E-state index in [0.29, 0.717) is 11.3 Å². The molecule has 6 heteroatoms. The zero-order valence-electron chi connectivity index (χ0n) is 11.0. The first-order valence-electron chi connectivity index (χ1n) is 6.20. The molecule has 1 amide bonds. The van der Waals surface area contributed by atoms with Crippen molar-refractivity contribution in [2.24, 2.45) is 0 Å². The van der Waals surface area contributed by atoms with E-state index in [2.05, 4.69) is 27.4 Å². The van der Waals surface area contributed by atoms with Gasteiger partial charge in [0.15, 0.2) is 0 Å². The van der Waals surface area contributed by atoms with Crippen LogP contribution in [0, 0.1) is 11.8 Å². The third-order valence-corrected chi connectivity index (χ3v) is 3.64. The lowest BCUT2D eigenvalue weighted by molar-refractivity contribution is 0.0944. The third-order valence-electron chi connectivity index (χ3n) is 2.65. The van der Waals surface area contributed by atoms with Crippen LogP contribution in [-0.2, 0) is 0 Å². The number of amides is 1. The van der Waals surface area contributed by atoms with Crippen molar-refractivity contribution in [3.8, 4) is 11.8 Å². The zero-order valence-corrected chi connectivity index (χ0v) is 11.8. The van der Waals surface area contributed by atoms with E-state index in [9.17, 15) is 4.79 Å². The maximum absolute atomic E-state index is 12.1. The van der Waals surface area contributed by atoms with Gasteiger partial charge >= 0.3 is 0 Å². The first kappa shape index (κ1) is 14.3. The standard InChI is InChI=1S/C14H15N3O2S/c1-10(11-8-15-16-9-11)17-14(19)13-6-5-12(20-13)4-2-3-7-18/h5-6,8-10,18H,3,7H2,1H3,(H,15,16)(H,17,19). The van der Waals surface area contributed by atoms with Gasteiger partial charge in [0.25, 0.3) is 5.91 Å². The lowest BCUT2D eigenvalue weighted by Gasteiger charge is -2.10. The van der Waals surface area contributed by atoms with Crippen LogP contribution in [-0.4, -0.2) is 27.8 Å². The Bertz CT molecular complexity index is 622. The summed E-state index contributed by atoms with van der Waals surface area (Å²) in [7, 11) is 0. The molecule has 0 bridgehead atoms. The average molecular weight is 289 g/mol. The Morgan fingerprint density at radius 2 is 2.45 bits per heavy atom. The number of carbonyl (C=O) groups excluding carboxylic acids is 1. The molecule has 2 heterocycles. The molecule has 0 aliphatic rings. The smallest absolute Gasteiger partial charge is 0.261 e. The summed E-state index contributed by atoms with van der Waals surface area (Å²) in [6.45, 7) is 1.95. The van der Waals surface area contributed by atoms with Gasteiger partial charge in [-0.25, -0.2) is 0 Å². The molecule has 2 rings (SSSR count). The summed E-state index contributed by atoms with van der Waals surface area (Å²) in [6.07, 6.45) is 3.88. The van der Waals surface area contributed by atoms with Crippen molar-refractivity contribution in [3.05, 3.63) is 39.8 Å². The van der Waals surface area contributed by atoms with Crippen molar-refractivity contribution >= 4 is 17.2 Å². The molecule has 5 nitrogen and oxygen atoms in total. The van der Waals surface area contributed by atoms with E-state index in [4.69, 9.17) is 5.11 Å². The van der Waals surface area contributed by atoms with Gasteiger partial charge < -0.3 is 10.4 Å². The van der Waals surface area contributed by atoms with Gasteiger partial charge in [-0.1, -0.05) is 11.8 Å². The van der Waals surface area contributed by atoms with Gasteiger partial charge in [0.05, 0.1) is 28.6 Å². The highest BCUT2D eigenvalue weighted by molar-refractivity contribution is 7.14. The van der Waals surface area contributed by atoms with Crippen molar-refractivity contribution in [1.82, 2.24) is 15.5 Å². The summed E-state index contributed by atoms with van der Waals surface area (Å²) in [4.78, 5) is 13.5. The fraction of sp³-hybridized carbons (Fsp3) is 0.286. The van der Waals surface area contributed by atoms with Crippen molar-refractivity contribution in [3.63, 3.8) is 0 Å². The van der Waals surface area contributed by atoms with E-state index in [1.165, 1.54) is 11.3 Å². The Morgan fingerprint density at radius 1 is 1.60 bits per heavy atom. The molecular weight excluding hydrogens is 274 g/mol. The molecule has 104 valence electrons. The number of rotatable bonds is 4. The van der Waals surface area contributed by atoms with Crippen LogP contribution in [0.3, 0.4) is 0 Å². The summed E-state index contributed by atoms with van der Waals surface area (Å²) < 4.78 is 0. The average Bonchev–Trinajstić information content (AvgIpc) is 3.10. The topological polar surface area (TPSA) is 78.0 Å². The number of aliphatic hydroxyl groups is 1. The Balaban J connectivity index is 1.98. The first-order valence-corrected chi connectivity index (χ1v) is 7.01. The number of aromatic nitrogens is 2. The van der Waals surface area contributed by atoms with Crippen LogP contribution in [0.2, 0.25) is 0 Å². The van der Waals surface area contributed by atoms with Crippen LogP contribution in [0.4, 0.5) is 0 Å². The van der Waals surface area contributed by atoms with Crippen LogP contribution in [0.1, 0.15) is 39.5 Å². The van der Waals surface area contributed by atoms with Crippen molar-refractivity contribution in [1.29, 1.82) is 0 Å². The Morgan fingerprint density at radius 3 is 3.15 bits per heavy atom. The molecule has 0 aliphatic carbocycles. The number of thiophene rings is 1. The number of aliphatic hydroxyl groups excluding tert-OH is 1. The second-order valence-electron chi connectivity index (χ2n) is 4.17. The Hall–Kier alpha value is -2.10. The maximum Gasteiger partial charge on any atom is 0.261 e. The van der Waals surface area contributed by atoms with Gasteiger partial charge in [-0.15, -0.1) is 11.3 Å². The lowest BCUT2D eigenvalue weighted by atomic mass is 10.2. The number of aromatic amines is 1. The highest BCUT2D eigenvalue weighted by Gasteiger charge is 2.13. The van der Waals surface area contributed by atoms with Crippen LogP contribution >= 0.6 is 11.3 Å².